The van der Waals surface area contributed by atoms with Crippen LogP contribution in [0.15, 0.2) is 0 Å². The lowest BCUT2D eigenvalue weighted by molar-refractivity contribution is 0.0386. The van der Waals surface area contributed by atoms with Gasteiger partial charge in [0.25, 0.3) is 0 Å². The minimum atomic E-state index is 0.116. The largest absolute Gasteiger partial charge is 0.356 e. The van der Waals surface area contributed by atoms with Crippen molar-refractivity contribution in [3.8, 4) is 0 Å². The smallest absolute Gasteiger partial charge is 0.121 e. The summed E-state index contributed by atoms with van der Waals surface area (Å²) in [4.78, 5) is 2.12. The predicted octanol–water partition coefficient (Wildman–Crippen LogP) is -0.103. The fourth-order valence-electron chi connectivity index (χ4n) is 1.14. The van der Waals surface area contributed by atoms with Crippen LogP contribution in [0.5, 0.6) is 0 Å². The zero-order valence-electron chi connectivity index (χ0n) is 6.87. The van der Waals surface area contributed by atoms with Crippen LogP contribution in [0.4, 0.5) is 0 Å². The van der Waals surface area contributed by atoms with Gasteiger partial charge in [-0.3, -0.25) is 0 Å². The van der Waals surface area contributed by atoms with E-state index in [2.05, 4.69) is 10.2 Å². The molecule has 0 bridgehead atoms. The monoisotopic (exact) mass is 143 g/mol. The number of nitrogens with zero attached hydrogens (tertiary/aromatic N) is 2. The summed E-state index contributed by atoms with van der Waals surface area (Å²) in [6.07, 6.45) is 0.440. The zero-order chi connectivity index (χ0) is 7.56. The van der Waals surface area contributed by atoms with Crippen molar-refractivity contribution in [1.29, 1.82) is 0 Å². The average Bonchev–Trinajstić information content (AvgIpc) is 2.13. The molecule has 1 aliphatic rings. The van der Waals surface area contributed by atoms with Gasteiger partial charge in [0, 0.05) is 13.1 Å². The molecule has 1 rings (SSSR count). The number of hydrogen-bond donors (Lipinski definition) is 0. The highest BCUT2D eigenvalue weighted by Gasteiger charge is 2.22. The summed E-state index contributed by atoms with van der Waals surface area (Å²) >= 11 is 0. The minimum Gasteiger partial charge on any atom is -0.356 e. The van der Waals surface area contributed by atoms with Crippen LogP contribution in [-0.4, -0.2) is 44.4 Å². The molecule has 0 aromatic rings. The summed E-state index contributed by atoms with van der Waals surface area (Å²) in [5.74, 6) is 0. The molecular weight excluding hydrogens is 128 g/mol. The lowest BCUT2D eigenvalue weighted by atomic mass is 10.3. The van der Waals surface area contributed by atoms with Crippen LogP contribution in [0.25, 0.3) is 0 Å². The predicted molar refractivity (Wildman–Crippen MR) is 39.9 cm³/mol. The van der Waals surface area contributed by atoms with Gasteiger partial charge in [-0.05, 0) is 21.0 Å². The van der Waals surface area contributed by atoms with Crippen molar-refractivity contribution in [1.82, 2.24) is 10.2 Å². The molecule has 0 N–H and O–H groups in total. The van der Waals surface area contributed by atoms with Gasteiger partial charge in [0.15, 0.2) is 0 Å². The third kappa shape index (κ3) is 2.25. The van der Waals surface area contributed by atoms with Crippen LogP contribution in [0.1, 0.15) is 6.92 Å². The molecule has 0 spiro atoms. The van der Waals surface area contributed by atoms with E-state index in [4.69, 9.17) is 4.74 Å². The topological polar surface area (TPSA) is 26.6 Å². The maximum atomic E-state index is 5.46. The Hall–Kier alpha value is -0.120. The molecule has 10 heavy (non-hydrogen) atoms. The lowest BCUT2D eigenvalue weighted by Gasteiger charge is -2.14. The molecule has 0 aromatic carbocycles. The Morgan fingerprint density at radius 1 is 1.60 bits per heavy atom. The van der Waals surface area contributed by atoms with Crippen molar-refractivity contribution in [3.05, 3.63) is 0 Å². The highest BCUT2D eigenvalue weighted by molar-refractivity contribution is 4.71. The molecule has 1 saturated heterocycles. The summed E-state index contributed by atoms with van der Waals surface area (Å²) in [6.45, 7) is 3.82. The SMILES string of the molecule is CC1[N]CC(CN(C)C)O1. The Bertz CT molecular complexity index is 106. The molecule has 1 aliphatic heterocycles. The maximum Gasteiger partial charge on any atom is 0.121 e. The van der Waals surface area contributed by atoms with Crippen molar-refractivity contribution in [3.63, 3.8) is 0 Å². The molecule has 1 fully saturated rings. The second-order valence-corrected chi connectivity index (χ2v) is 2.98. The quantitative estimate of drug-likeness (QED) is 0.539. The second kappa shape index (κ2) is 3.32. The average molecular weight is 143 g/mol. The van der Waals surface area contributed by atoms with Crippen LogP contribution in [0, 0.1) is 0 Å². The molecule has 0 saturated carbocycles. The Morgan fingerprint density at radius 3 is 2.70 bits per heavy atom. The summed E-state index contributed by atoms with van der Waals surface area (Å²) in [5.41, 5.74) is 0. The molecule has 59 valence electrons. The number of likely N-dealkylation sites (N-methyl/N-ethyl adjacent to an activating group) is 1. The van der Waals surface area contributed by atoms with E-state index >= 15 is 0 Å². The fraction of sp³-hybridized carbons (Fsp3) is 1.00. The van der Waals surface area contributed by atoms with Crippen molar-refractivity contribution in [2.75, 3.05) is 27.2 Å². The Kier molecular flexibility index (Phi) is 2.65. The zero-order valence-corrected chi connectivity index (χ0v) is 6.87. The first-order valence-corrected chi connectivity index (χ1v) is 3.65. The molecule has 0 aliphatic carbocycles. The Morgan fingerprint density at radius 2 is 2.30 bits per heavy atom. The first kappa shape index (κ1) is 7.98. The summed E-state index contributed by atoms with van der Waals surface area (Å²) < 4.78 is 5.46. The molecule has 3 heteroatoms. The van der Waals surface area contributed by atoms with E-state index in [1.165, 1.54) is 0 Å². The summed E-state index contributed by atoms with van der Waals surface area (Å²) in [5, 5.41) is 4.22. The molecule has 2 atom stereocenters. The number of hydrogen-bond acceptors (Lipinski definition) is 2. The van der Waals surface area contributed by atoms with Crippen molar-refractivity contribution in [2.24, 2.45) is 0 Å². The third-order valence-corrected chi connectivity index (χ3v) is 1.52. The molecular formula is C7H15N2O. The van der Waals surface area contributed by atoms with Gasteiger partial charge in [-0.25, -0.2) is 5.32 Å². The first-order chi connectivity index (χ1) is 4.68. The fourth-order valence-corrected chi connectivity index (χ4v) is 1.14. The minimum absolute atomic E-state index is 0.116. The van der Waals surface area contributed by atoms with Crippen LogP contribution in [-0.2, 0) is 4.74 Å². The molecule has 1 radical (unpaired) electrons. The van der Waals surface area contributed by atoms with Gasteiger partial charge in [-0.15, -0.1) is 0 Å². The van der Waals surface area contributed by atoms with E-state index in [-0.39, 0.29) is 6.23 Å². The number of ether oxygens (including phenoxy) is 1. The number of rotatable bonds is 2. The Labute approximate surface area is 62.3 Å². The van der Waals surface area contributed by atoms with Crippen molar-refractivity contribution < 1.29 is 4.74 Å². The molecule has 2 unspecified atom stereocenters. The van der Waals surface area contributed by atoms with E-state index in [0.717, 1.165) is 13.1 Å². The molecule has 0 aromatic heterocycles. The normalized spacial score (nSPS) is 33.6. The van der Waals surface area contributed by atoms with E-state index in [9.17, 15) is 0 Å². The van der Waals surface area contributed by atoms with Crippen LogP contribution >= 0.6 is 0 Å². The van der Waals surface area contributed by atoms with E-state index in [1.54, 1.807) is 0 Å². The second-order valence-electron chi connectivity index (χ2n) is 2.98. The third-order valence-electron chi connectivity index (χ3n) is 1.52. The van der Waals surface area contributed by atoms with Gasteiger partial charge in [0.1, 0.15) is 6.23 Å². The van der Waals surface area contributed by atoms with Gasteiger partial charge in [0.2, 0.25) is 0 Å². The van der Waals surface area contributed by atoms with E-state index in [0.29, 0.717) is 6.10 Å². The van der Waals surface area contributed by atoms with Gasteiger partial charge in [-0.1, -0.05) is 0 Å². The highest BCUT2D eigenvalue weighted by atomic mass is 16.5. The standard InChI is InChI=1S/C7H15N2O/c1-6-8-4-7(10-6)5-9(2)3/h6-7H,4-5H2,1-3H3. The van der Waals surface area contributed by atoms with Crippen LogP contribution < -0.4 is 5.32 Å². The lowest BCUT2D eigenvalue weighted by Crippen LogP contribution is -2.27. The maximum absolute atomic E-state index is 5.46. The summed E-state index contributed by atoms with van der Waals surface area (Å²) in [6, 6.07) is 0. The summed E-state index contributed by atoms with van der Waals surface area (Å²) in [7, 11) is 4.10. The molecule has 3 nitrogen and oxygen atoms in total. The van der Waals surface area contributed by atoms with Crippen LogP contribution in [0.2, 0.25) is 0 Å². The van der Waals surface area contributed by atoms with E-state index < -0.39 is 0 Å². The van der Waals surface area contributed by atoms with Crippen LogP contribution in [0.3, 0.4) is 0 Å². The van der Waals surface area contributed by atoms with Gasteiger partial charge >= 0.3 is 0 Å². The molecule has 1 heterocycles. The van der Waals surface area contributed by atoms with E-state index in [1.807, 2.05) is 21.0 Å². The molecule has 0 amide bonds. The van der Waals surface area contributed by atoms with Gasteiger partial charge in [-0.2, -0.15) is 0 Å². The first-order valence-electron chi connectivity index (χ1n) is 3.65. The Balaban J connectivity index is 2.18. The van der Waals surface area contributed by atoms with Crippen molar-refractivity contribution >= 4 is 0 Å². The van der Waals surface area contributed by atoms with Gasteiger partial charge < -0.3 is 9.64 Å². The highest BCUT2D eigenvalue weighted by Crippen LogP contribution is 2.05. The van der Waals surface area contributed by atoms with Gasteiger partial charge in [0.05, 0.1) is 6.10 Å². The van der Waals surface area contributed by atoms with Crippen molar-refractivity contribution in [2.45, 2.75) is 19.3 Å².